The Morgan fingerprint density at radius 2 is 1.95 bits per heavy atom. The Morgan fingerprint density at radius 3 is 2.58 bits per heavy atom. The van der Waals surface area contributed by atoms with Crippen molar-refractivity contribution < 1.29 is 9.50 Å². The van der Waals surface area contributed by atoms with Gasteiger partial charge in [-0.15, -0.1) is 0 Å². The summed E-state index contributed by atoms with van der Waals surface area (Å²) in [5, 5.41) is 12.7. The third-order valence-corrected chi connectivity index (χ3v) is 3.87. The zero-order valence-electron chi connectivity index (χ0n) is 9.91. The molecule has 1 unspecified atom stereocenters. The maximum absolute atomic E-state index is 13.1. The number of halogens is 3. The summed E-state index contributed by atoms with van der Waals surface area (Å²) in [7, 11) is 0. The molecule has 5 heteroatoms. The van der Waals surface area contributed by atoms with Gasteiger partial charge in [-0.05, 0) is 35.9 Å². The number of anilines is 1. The van der Waals surface area contributed by atoms with Crippen LogP contribution in [0.4, 0.5) is 10.1 Å². The van der Waals surface area contributed by atoms with Crippen molar-refractivity contribution in [1.82, 2.24) is 0 Å². The second kappa shape index (κ2) is 6.50. The van der Waals surface area contributed by atoms with Crippen molar-refractivity contribution in [2.75, 3.05) is 11.9 Å². The van der Waals surface area contributed by atoms with Crippen molar-refractivity contribution in [2.45, 2.75) is 6.04 Å². The molecule has 1 atom stereocenters. The number of aliphatic hydroxyl groups is 1. The summed E-state index contributed by atoms with van der Waals surface area (Å²) in [5.74, 6) is -0.310. The molecule has 0 aliphatic heterocycles. The van der Waals surface area contributed by atoms with Crippen LogP contribution in [-0.2, 0) is 0 Å². The average molecular weight is 389 g/mol. The zero-order chi connectivity index (χ0) is 13.8. The summed E-state index contributed by atoms with van der Waals surface area (Å²) in [5.41, 5.74) is 1.69. The lowest BCUT2D eigenvalue weighted by Crippen LogP contribution is -2.15. The van der Waals surface area contributed by atoms with Crippen molar-refractivity contribution in [2.24, 2.45) is 0 Å². The molecule has 2 N–H and O–H groups in total. The minimum atomic E-state index is -0.310. The van der Waals surface area contributed by atoms with Crippen LogP contribution in [0.3, 0.4) is 0 Å². The minimum Gasteiger partial charge on any atom is -0.394 e. The van der Waals surface area contributed by atoms with E-state index in [1.165, 1.54) is 12.1 Å². The monoisotopic (exact) mass is 387 g/mol. The van der Waals surface area contributed by atoms with E-state index >= 15 is 0 Å². The molecule has 0 spiro atoms. The summed E-state index contributed by atoms with van der Waals surface area (Å²) in [6.45, 7) is -0.0866. The molecule has 2 nitrogen and oxygen atoms in total. The molecule has 2 rings (SSSR count). The molecule has 100 valence electrons. The van der Waals surface area contributed by atoms with Crippen LogP contribution in [0.1, 0.15) is 11.6 Å². The van der Waals surface area contributed by atoms with Crippen molar-refractivity contribution >= 4 is 37.5 Å². The largest absolute Gasteiger partial charge is 0.394 e. The fourth-order valence-corrected chi connectivity index (χ4v) is 2.81. The predicted molar refractivity (Wildman–Crippen MR) is 81.7 cm³/mol. The summed E-state index contributed by atoms with van der Waals surface area (Å²) >= 11 is 6.71. The van der Waals surface area contributed by atoms with E-state index in [4.69, 9.17) is 0 Å². The molecule has 2 aromatic rings. The lowest BCUT2D eigenvalue weighted by Gasteiger charge is -2.19. The fourth-order valence-electron chi connectivity index (χ4n) is 1.79. The Labute approximate surface area is 127 Å². The second-order valence-corrected chi connectivity index (χ2v) is 5.83. The van der Waals surface area contributed by atoms with Gasteiger partial charge >= 0.3 is 0 Å². The average Bonchev–Trinajstić information content (AvgIpc) is 2.37. The fraction of sp³-hybridized carbons (Fsp3) is 0.143. The number of benzene rings is 2. The Balaban J connectivity index is 2.25. The predicted octanol–water partition coefficient (Wildman–Crippen LogP) is 4.50. The Morgan fingerprint density at radius 1 is 1.16 bits per heavy atom. The highest BCUT2D eigenvalue weighted by Crippen LogP contribution is 2.28. The highest BCUT2D eigenvalue weighted by molar-refractivity contribution is 9.10. The van der Waals surface area contributed by atoms with Gasteiger partial charge in [0.15, 0.2) is 0 Å². The van der Waals surface area contributed by atoms with Crippen molar-refractivity contribution in [3.8, 4) is 0 Å². The number of hydrogen-bond donors (Lipinski definition) is 2. The first kappa shape index (κ1) is 14.5. The molecule has 0 heterocycles. The molecule has 0 fully saturated rings. The Hall–Kier alpha value is -0.910. The van der Waals surface area contributed by atoms with E-state index in [0.29, 0.717) is 4.47 Å². The van der Waals surface area contributed by atoms with Gasteiger partial charge in [0.2, 0.25) is 0 Å². The smallest absolute Gasteiger partial charge is 0.124 e. The van der Waals surface area contributed by atoms with E-state index in [9.17, 15) is 9.50 Å². The van der Waals surface area contributed by atoms with Gasteiger partial charge < -0.3 is 10.4 Å². The highest BCUT2D eigenvalue weighted by Gasteiger charge is 2.14. The Bertz CT molecular complexity index is 577. The first-order valence-electron chi connectivity index (χ1n) is 5.68. The summed E-state index contributed by atoms with van der Waals surface area (Å²) in [6, 6.07) is 11.8. The number of nitrogens with one attached hydrogen (secondary N) is 1. The van der Waals surface area contributed by atoms with Crippen LogP contribution >= 0.6 is 31.9 Å². The van der Waals surface area contributed by atoms with Gasteiger partial charge in [0.1, 0.15) is 5.82 Å². The van der Waals surface area contributed by atoms with Crippen molar-refractivity contribution in [3.05, 3.63) is 62.8 Å². The molecule has 0 bridgehead atoms. The summed E-state index contributed by atoms with van der Waals surface area (Å²) < 4.78 is 14.7. The molecule has 19 heavy (non-hydrogen) atoms. The van der Waals surface area contributed by atoms with Crippen LogP contribution in [-0.4, -0.2) is 11.7 Å². The molecule has 0 aromatic heterocycles. The first-order valence-corrected chi connectivity index (χ1v) is 7.26. The van der Waals surface area contributed by atoms with E-state index in [0.717, 1.165) is 15.7 Å². The van der Waals surface area contributed by atoms with E-state index in [1.54, 1.807) is 6.07 Å². The lowest BCUT2D eigenvalue weighted by molar-refractivity contribution is 0.276. The van der Waals surface area contributed by atoms with Crippen LogP contribution in [0.2, 0.25) is 0 Å². The Kier molecular flexibility index (Phi) is 4.96. The maximum atomic E-state index is 13.1. The summed E-state index contributed by atoms with van der Waals surface area (Å²) in [6.07, 6.45) is 0. The van der Waals surface area contributed by atoms with Crippen LogP contribution < -0.4 is 5.32 Å². The SMILES string of the molecule is OCC(Nc1cccc(Br)c1)c1ccc(F)cc1Br. The maximum Gasteiger partial charge on any atom is 0.124 e. The van der Waals surface area contributed by atoms with E-state index in [1.807, 2.05) is 24.3 Å². The van der Waals surface area contributed by atoms with Gasteiger partial charge in [0.25, 0.3) is 0 Å². The van der Waals surface area contributed by atoms with Crippen molar-refractivity contribution in [1.29, 1.82) is 0 Å². The van der Waals surface area contributed by atoms with Gasteiger partial charge in [0, 0.05) is 14.6 Å². The zero-order valence-corrected chi connectivity index (χ0v) is 13.1. The molecule has 0 amide bonds. The molecule has 2 aromatic carbocycles. The van der Waals surface area contributed by atoms with Crippen LogP contribution in [0.15, 0.2) is 51.4 Å². The third-order valence-electron chi connectivity index (χ3n) is 2.69. The number of hydrogen-bond acceptors (Lipinski definition) is 2. The van der Waals surface area contributed by atoms with E-state index in [2.05, 4.69) is 37.2 Å². The lowest BCUT2D eigenvalue weighted by atomic mass is 10.1. The van der Waals surface area contributed by atoms with Gasteiger partial charge in [-0.25, -0.2) is 4.39 Å². The summed E-state index contributed by atoms with van der Waals surface area (Å²) in [4.78, 5) is 0. The van der Waals surface area contributed by atoms with Crippen LogP contribution in [0, 0.1) is 5.82 Å². The van der Waals surface area contributed by atoms with Gasteiger partial charge in [-0.3, -0.25) is 0 Å². The number of rotatable bonds is 4. The molecule has 0 aliphatic rings. The molecular formula is C14H12Br2FNO. The first-order chi connectivity index (χ1) is 9.10. The molecule has 0 aliphatic carbocycles. The molecular weight excluding hydrogens is 377 g/mol. The van der Waals surface area contributed by atoms with Crippen molar-refractivity contribution in [3.63, 3.8) is 0 Å². The standard InChI is InChI=1S/C14H12Br2FNO/c15-9-2-1-3-11(6-9)18-14(8-19)12-5-4-10(17)7-13(12)16/h1-7,14,18-19H,8H2. The quantitative estimate of drug-likeness (QED) is 0.808. The van der Waals surface area contributed by atoms with Gasteiger partial charge in [-0.2, -0.15) is 0 Å². The van der Waals surface area contributed by atoms with Crippen LogP contribution in [0.5, 0.6) is 0 Å². The van der Waals surface area contributed by atoms with Gasteiger partial charge in [0.05, 0.1) is 12.6 Å². The normalized spacial score (nSPS) is 12.2. The van der Waals surface area contributed by atoms with E-state index in [-0.39, 0.29) is 18.5 Å². The minimum absolute atomic E-state index is 0.0866. The molecule has 0 saturated heterocycles. The highest BCUT2D eigenvalue weighted by atomic mass is 79.9. The van der Waals surface area contributed by atoms with E-state index < -0.39 is 0 Å². The molecule has 0 saturated carbocycles. The third kappa shape index (κ3) is 3.78. The van der Waals surface area contributed by atoms with Gasteiger partial charge in [-0.1, -0.05) is 44.0 Å². The second-order valence-electron chi connectivity index (χ2n) is 4.06. The topological polar surface area (TPSA) is 32.3 Å². The van der Waals surface area contributed by atoms with Crippen LogP contribution in [0.25, 0.3) is 0 Å². The number of aliphatic hydroxyl groups excluding tert-OH is 1. The molecule has 0 radical (unpaired) electrons.